The van der Waals surface area contributed by atoms with Crippen molar-refractivity contribution in [2.24, 2.45) is 0 Å². The van der Waals surface area contributed by atoms with Crippen LogP contribution in [0.15, 0.2) is 63.0 Å². The molecule has 1 aromatic heterocycles. The van der Waals surface area contributed by atoms with Crippen molar-refractivity contribution in [3.05, 3.63) is 69.6 Å². The Morgan fingerprint density at radius 3 is 2.42 bits per heavy atom. The van der Waals surface area contributed by atoms with E-state index in [-0.39, 0.29) is 33.8 Å². The number of hydrogen-bond donors (Lipinski definition) is 4. The number of fused-ring (bicyclic) bond motifs is 1. The highest BCUT2D eigenvalue weighted by Crippen LogP contribution is 2.36. The minimum absolute atomic E-state index is 0.0457. The first-order chi connectivity index (χ1) is 14.7. The molecule has 4 N–H and O–H groups in total. The van der Waals surface area contributed by atoms with Gasteiger partial charge in [-0.1, -0.05) is 23.3 Å². The van der Waals surface area contributed by atoms with Crippen LogP contribution in [0.3, 0.4) is 0 Å². The fourth-order valence-electron chi connectivity index (χ4n) is 3.38. The predicted octanol–water partition coefficient (Wildman–Crippen LogP) is 5.52. The summed E-state index contributed by atoms with van der Waals surface area (Å²) in [6.45, 7) is 6.12. The Morgan fingerprint density at radius 1 is 0.968 bits per heavy atom. The number of hydrogen-bond acceptors (Lipinski definition) is 6. The average Bonchev–Trinajstić information content (AvgIpc) is 2.68. The van der Waals surface area contributed by atoms with Crippen LogP contribution in [0.25, 0.3) is 22.1 Å². The molecule has 31 heavy (non-hydrogen) atoms. The normalized spacial score (nSPS) is 11.6. The summed E-state index contributed by atoms with van der Waals surface area (Å²) in [5.74, 6) is -1.21. The van der Waals surface area contributed by atoms with Crippen molar-refractivity contribution in [2.75, 3.05) is 0 Å². The highest BCUT2D eigenvalue weighted by Gasteiger charge is 2.17. The van der Waals surface area contributed by atoms with E-state index in [1.165, 1.54) is 24.0 Å². The van der Waals surface area contributed by atoms with Crippen molar-refractivity contribution in [1.29, 1.82) is 0 Å². The zero-order valence-corrected chi connectivity index (χ0v) is 17.8. The fraction of sp³-hybridized carbons (Fsp3) is 0.240. The van der Waals surface area contributed by atoms with Gasteiger partial charge >= 0.3 is 0 Å². The Labute approximate surface area is 180 Å². The summed E-state index contributed by atoms with van der Waals surface area (Å²) < 4.78 is 5.43. The predicted molar refractivity (Wildman–Crippen MR) is 121 cm³/mol. The van der Waals surface area contributed by atoms with E-state index in [2.05, 4.69) is 19.9 Å². The van der Waals surface area contributed by atoms with Crippen molar-refractivity contribution in [3.8, 4) is 34.1 Å². The molecule has 0 aliphatic carbocycles. The molecule has 0 saturated heterocycles. The van der Waals surface area contributed by atoms with Gasteiger partial charge in [-0.2, -0.15) is 0 Å². The maximum atomic E-state index is 12.9. The van der Waals surface area contributed by atoms with Crippen LogP contribution in [0.4, 0.5) is 0 Å². The third-order valence-electron chi connectivity index (χ3n) is 5.08. The molecule has 1 heterocycles. The van der Waals surface area contributed by atoms with Crippen LogP contribution in [0, 0.1) is 0 Å². The fourth-order valence-corrected chi connectivity index (χ4v) is 3.38. The van der Waals surface area contributed by atoms with Gasteiger partial charge in [0.1, 0.15) is 28.7 Å². The number of benzene rings is 2. The summed E-state index contributed by atoms with van der Waals surface area (Å²) in [5, 5.41) is 40.1. The maximum Gasteiger partial charge on any atom is 0.204 e. The average molecular weight is 422 g/mol. The molecule has 2 aromatic carbocycles. The maximum absolute atomic E-state index is 12.9. The van der Waals surface area contributed by atoms with Crippen LogP contribution in [0.5, 0.6) is 23.0 Å². The van der Waals surface area contributed by atoms with E-state index in [0.717, 1.165) is 24.5 Å². The molecule has 0 fully saturated rings. The molecular formula is C25H26O6. The summed E-state index contributed by atoms with van der Waals surface area (Å²) in [6, 6.07) is 5.19. The van der Waals surface area contributed by atoms with Crippen molar-refractivity contribution in [2.45, 2.75) is 40.0 Å². The molecule has 3 rings (SSSR count). The molecule has 0 spiro atoms. The SMILES string of the molecule is CC(C)=CCC/C(C)=C/Cc1cc(-c2coc3cc(O)cc(O)c3c2=O)cc(O)c1O. The molecule has 0 aliphatic rings. The highest BCUT2D eigenvalue weighted by molar-refractivity contribution is 5.88. The largest absolute Gasteiger partial charge is 0.508 e. The van der Waals surface area contributed by atoms with E-state index in [9.17, 15) is 25.2 Å². The molecule has 0 radical (unpaired) electrons. The van der Waals surface area contributed by atoms with E-state index in [4.69, 9.17) is 4.42 Å². The zero-order valence-electron chi connectivity index (χ0n) is 17.8. The van der Waals surface area contributed by atoms with Gasteiger partial charge in [-0.25, -0.2) is 0 Å². The number of allylic oxidation sites excluding steroid dienone is 4. The lowest BCUT2D eigenvalue weighted by Crippen LogP contribution is -2.05. The summed E-state index contributed by atoms with van der Waals surface area (Å²) in [4.78, 5) is 12.9. The Morgan fingerprint density at radius 2 is 1.71 bits per heavy atom. The van der Waals surface area contributed by atoms with Crippen LogP contribution < -0.4 is 5.43 Å². The summed E-state index contributed by atoms with van der Waals surface area (Å²) in [5.41, 5.74) is 2.88. The zero-order chi connectivity index (χ0) is 22.7. The Kier molecular flexibility index (Phi) is 6.39. The lowest BCUT2D eigenvalue weighted by atomic mass is 9.99. The summed E-state index contributed by atoms with van der Waals surface area (Å²) >= 11 is 0. The Balaban J connectivity index is 1.99. The monoisotopic (exact) mass is 422 g/mol. The third-order valence-corrected chi connectivity index (χ3v) is 5.08. The molecule has 3 aromatic rings. The van der Waals surface area contributed by atoms with Gasteiger partial charge in [0.25, 0.3) is 0 Å². The van der Waals surface area contributed by atoms with E-state index < -0.39 is 11.2 Å². The quantitative estimate of drug-likeness (QED) is 0.308. The lowest BCUT2D eigenvalue weighted by Gasteiger charge is -2.10. The van der Waals surface area contributed by atoms with Crippen molar-refractivity contribution in [1.82, 2.24) is 0 Å². The first-order valence-electron chi connectivity index (χ1n) is 9.99. The van der Waals surface area contributed by atoms with Crippen molar-refractivity contribution in [3.63, 3.8) is 0 Å². The number of phenols is 4. The van der Waals surface area contributed by atoms with Gasteiger partial charge in [0.05, 0.1) is 5.56 Å². The second-order valence-corrected chi connectivity index (χ2v) is 7.89. The first-order valence-corrected chi connectivity index (χ1v) is 9.99. The van der Waals surface area contributed by atoms with Crippen molar-refractivity contribution < 1.29 is 24.8 Å². The molecule has 162 valence electrons. The molecule has 0 aliphatic heterocycles. The van der Waals surface area contributed by atoms with E-state index in [0.29, 0.717) is 17.5 Å². The van der Waals surface area contributed by atoms with Gasteiger partial charge in [-0.15, -0.1) is 0 Å². The highest BCUT2D eigenvalue weighted by atomic mass is 16.3. The number of rotatable bonds is 6. The molecule has 0 atom stereocenters. The molecule has 0 amide bonds. The first kappa shape index (κ1) is 22.0. The van der Waals surface area contributed by atoms with Gasteiger partial charge < -0.3 is 24.8 Å². The van der Waals surface area contributed by atoms with Crippen molar-refractivity contribution >= 4 is 11.0 Å². The summed E-state index contributed by atoms with van der Waals surface area (Å²) in [6.07, 6.45) is 7.55. The molecule has 0 unspecified atom stereocenters. The third kappa shape index (κ3) is 4.91. The minimum Gasteiger partial charge on any atom is -0.508 e. The van der Waals surface area contributed by atoms with Gasteiger partial charge in [0.2, 0.25) is 5.43 Å². The van der Waals surface area contributed by atoms with Crippen LogP contribution in [-0.2, 0) is 6.42 Å². The smallest absolute Gasteiger partial charge is 0.204 e. The topological polar surface area (TPSA) is 111 Å². The Bertz CT molecular complexity index is 1240. The summed E-state index contributed by atoms with van der Waals surface area (Å²) in [7, 11) is 0. The molecular weight excluding hydrogens is 396 g/mol. The van der Waals surface area contributed by atoms with Crippen LogP contribution in [0.2, 0.25) is 0 Å². The van der Waals surface area contributed by atoms with Gasteiger partial charge in [-0.05, 0) is 57.7 Å². The second-order valence-electron chi connectivity index (χ2n) is 7.89. The van der Waals surface area contributed by atoms with E-state index in [1.807, 2.05) is 13.0 Å². The molecule has 0 saturated carbocycles. The number of phenolic OH excluding ortho intramolecular Hbond substituents is 4. The molecule has 0 bridgehead atoms. The van der Waals surface area contributed by atoms with Crippen LogP contribution in [0.1, 0.15) is 39.2 Å². The second kappa shape index (κ2) is 9.00. The molecule has 6 heteroatoms. The number of aromatic hydroxyl groups is 4. The van der Waals surface area contributed by atoms with Gasteiger partial charge in [-0.3, -0.25) is 4.79 Å². The lowest BCUT2D eigenvalue weighted by molar-refractivity contribution is 0.400. The van der Waals surface area contributed by atoms with E-state index in [1.54, 1.807) is 6.07 Å². The van der Waals surface area contributed by atoms with Gasteiger partial charge in [0.15, 0.2) is 11.5 Å². The molecule has 6 nitrogen and oxygen atoms in total. The Hall–Kier alpha value is -3.67. The van der Waals surface area contributed by atoms with Crippen LogP contribution in [-0.4, -0.2) is 20.4 Å². The minimum atomic E-state index is -0.511. The van der Waals surface area contributed by atoms with Crippen LogP contribution >= 0.6 is 0 Å². The van der Waals surface area contributed by atoms with E-state index >= 15 is 0 Å². The van der Waals surface area contributed by atoms with Gasteiger partial charge in [0, 0.05) is 17.7 Å². The standard InChI is InChI=1S/C25H26O6/c1-14(2)5-4-6-15(3)7-8-16-9-17(10-21(28)24(16)29)19-13-31-22-12-18(26)11-20(27)23(22)25(19)30/h5,7,9-13,26-29H,4,6,8H2,1-3H3/b15-7+.